The summed E-state index contributed by atoms with van der Waals surface area (Å²) in [5.74, 6) is 0.736. The molecule has 0 radical (unpaired) electrons. The van der Waals surface area contributed by atoms with Crippen LogP contribution in [0.15, 0.2) is 65.5 Å². The van der Waals surface area contributed by atoms with Crippen LogP contribution >= 0.6 is 0 Å². The number of hydrogen-bond donors (Lipinski definition) is 2. The highest BCUT2D eigenvalue weighted by molar-refractivity contribution is 5.93. The molecule has 0 bridgehead atoms. The average molecular weight is 375 g/mol. The molecular formula is C22H21N3O3. The number of hydrogen-bond acceptors (Lipinski definition) is 4. The molecule has 1 aliphatic rings. The summed E-state index contributed by atoms with van der Waals surface area (Å²) in [6.45, 7) is 3.97. The van der Waals surface area contributed by atoms with Crippen molar-refractivity contribution < 1.29 is 9.53 Å². The number of H-pyrrole nitrogens is 1. The van der Waals surface area contributed by atoms with Gasteiger partial charge in [0, 0.05) is 23.6 Å². The van der Waals surface area contributed by atoms with Crippen LogP contribution < -0.4 is 15.6 Å². The molecule has 1 amide bonds. The van der Waals surface area contributed by atoms with Crippen molar-refractivity contribution in [2.45, 2.75) is 31.9 Å². The van der Waals surface area contributed by atoms with Gasteiger partial charge in [-0.3, -0.25) is 9.59 Å². The highest BCUT2D eigenvalue weighted by Crippen LogP contribution is 2.39. The highest BCUT2D eigenvalue weighted by atomic mass is 16.5. The zero-order valence-corrected chi connectivity index (χ0v) is 15.7. The predicted octanol–water partition coefficient (Wildman–Crippen LogP) is 3.47. The number of carbonyl (C=O) groups is 1. The summed E-state index contributed by atoms with van der Waals surface area (Å²) in [5.41, 5.74) is 0.967. The van der Waals surface area contributed by atoms with E-state index in [4.69, 9.17) is 4.74 Å². The standard InChI is InChI=1S/C22H21N3O3/c1-22(2)13-17(15-10-6-7-11-18(15)28-22)24-21(27)16-12-19(26)25-20(23-16)14-8-4-3-5-9-14/h3-12,17H,13H2,1-2H3,(H,24,27)(H,23,25,26)/t17-/m1/s1. The summed E-state index contributed by atoms with van der Waals surface area (Å²) >= 11 is 0. The monoisotopic (exact) mass is 375 g/mol. The summed E-state index contributed by atoms with van der Waals surface area (Å²) < 4.78 is 6.01. The van der Waals surface area contributed by atoms with E-state index in [0.29, 0.717) is 12.2 Å². The van der Waals surface area contributed by atoms with Crippen molar-refractivity contribution in [2.24, 2.45) is 0 Å². The molecule has 0 saturated heterocycles. The number of carbonyl (C=O) groups excluding carboxylic acids is 1. The molecule has 2 aromatic carbocycles. The number of fused-ring (bicyclic) bond motifs is 1. The summed E-state index contributed by atoms with van der Waals surface area (Å²) in [6, 6.07) is 17.9. The van der Waals surface area contributed by atoms with E-state index >= 15 is 0 Å². The number of rotatable bonds is 3. The van der Waals surface area contributed by atoms with E-state index in [2.05, 4.69) is 15.3 Å². The van der Waals surface area contributed by atoms with Gasteiger partial charge in [0.1, 0.15) is 22.9 Å². The van der Waals surface area contributed by atoms with Gasteiger partial charge in [-0.2, -0.15) is 0 Å². The molecule has 4 rings (SSSR count). The van der Waals surface area contributed by atoms with Gasteiger partial charge in [0.2, 0.25) is 0 Å². The molecule has 0 fully saturated rings. The number of amides is 1. The van der Waals surface area contributed by atoms with E-state index < -0.39 is 5.60 Å². The third-order valence-electron chi connectivity index (χ3n) is 4.70. The SMILES string of the molecule is CC1(C)C[C@@H](NC(=O)c2cc(=O)[nH]c(-c3ccccc3)n2)c2ccccc2O1. The number of ether oxygens (including phenoxy) is 1. The smallest absolute Gasteiger partial charge is 0.270 e. The maximum Gasteiger partial charge on any atom is 0.270 e. The molecule has 0 aliphatic carbocycles. The topological polar surface area (TPSA) is 84.1 Å². The van der Waals surface area contributed by atoms with Crippen LogP contribution in [0.4, 0.5) is 0 Å². The minimum atomic E-state index is -0.414. The molecule has 6 heteroatoms. The molecule has 1 aliphatic heterocycles. The van der Waals surface area contributed by atoms with Crippen LogP contribution in [0, 0.1) is 0 Å². The van der Waals surface area contributed by atoms with Crippen LogP contribution in [0.25, 0.3) is 11.4 Å². The summed E-state index contributed by atoms with van der Waals surface area (Å²) in [5, 5.41) is 3.02. The van der Waals surface area contributed by atoms with Gasteiger partial charge in [-0.15, -0.1) is 0 Å². The van der Waals surface area contributed by atoms with E-state index in [0.717, 1.165) is 16.9 Å². The minimum absolute atomic E-state index is 0.0874. The first-order valence-corrected chi connectivity index (χ1v) is 9.17. The van der Waals surface area contributed by atoms with Gasteiger partial charge in [-0.05, 0) is 19.9 Å². The Bertz CT molecular complexity index is 1070. The number of nitrogens with zero attached hydrogens (tertiary/aromatic N) is 1. The van der Waals surface area contributed by atoms with Gasteiger partial charge in [0.15, 0.2) is 0 Å². The molecule has 1 atom stereocenters. The van der Waals surface area contributed by atoms with E-state index in [-0.39, 0.29) is 23.2 Å². The number of aromatic nitrogens is 2. The fraction of sp³-hybridized carbons (Fsp3) is 0.227. The van der Waals surface area contributed by atoms with E-state index in [1.165, 1.54) is 6.07 Å². The lowest BCUT2D eigenvalue weighted by Crippen LogP contribution is -2.41. The Kier molecular flexibility index (Phi) is 4.47. The maximum absolute atomic E-state index is 12.9. The van der Waals surface area contributed by atoms with E-state index in [1.807, 2.05) is 68.4 Å². The molecule has 3 aromatic rings. The van der Waals surface area contributed by atoms with Gasteiger partial charge >= 0.3 is 0 Å². The Morgan fingerprint density at radius 1 is 1.14 bits per heavy atom. The van der Waals surface area contributed by atoms with Crippen LogP contribution in [0.5, 0.6) is 5.75 Å². The van der Waals surface area contributed by atoms with Gasteiger partial charge in [0.25, 0.3) is 11.5 Å². The third kappa shape index (κ3) is 3.67. The Balaban J connectivity index is 1.64. The Labute approximate surface area is 162 Å². The fourth-order valence-electron chi connectivity index (χ4n) is 3.47. The second-order valence-electron chi connectivity index (χ2n) is 7.48. The number of benzene rings is 2. The Hall–Kier alpha value is -3.41. The zero-order chi connectivity index (χ0) is 19.7. The van der Waals surface area contributed by atoms with Crippen molar-refractivity contribution in [3.63, 3.8) is 0 Å². The molecule has 142 valence electrons. The summed E-state index contributed by atoms with van der Waals surface area (Å²) in [7, 11) is 0. The van der Waals surface area contributed by atoms with Crippen LogP contribution in [0.2, 0.25) is 0 Å². The molecule has 28 heavy (non-hydrogen) atoms. The average Bonchev–Trinajstić information content (AvgIpc) is 2.67. The Morgan fingerprint density at radius 2 is 1.86 bits per heavy atom. The molecule has 6 nitrogen and oxygen atoms in total. The molecule has 0 spiro atoms. The van der Waals surface area contributed by atoms with Crippen molar-refractivity contribution in [1.82, 2.24) is 15.3 Å². The van der Waals surface area contributed by atoms with Crippen LogP contribution in [0.3, 0.4) is 0 Å². The fourth-order valence-corrected chi connectivity index (χ4v) is 3.47. The molecule has 1 aromatic heterocycles. The van der Waals surface area contributed by atoms with Crippen molar-refractivity contribution >= 4 is 5.91 Å². The molecule has 0 saturated carbocycles. The van der Waals surface area contributed by atoms with E-state index in [1.54, 1.807) is 0 Å². The lowest BCUT2D eigenvalue weighted by Gasteiger charge is -2.37. The zero-order valence-electron chi connectivity index (χ0n) is 15.7. The number of para-hydroxylation sites is 1. The first-order valence-electron chi connectivity index (χ1n) is 9.17. The maximum atomic E-state index is 12.9. The largest absolute Gasteiger partial charge is 0.487 e. The first-order chi connectivity index (χ1) is 13.4. The molecule has 0 unspecified atom stereocenters. The summed E-state index contributed by atoms with van der Waals surface area (Å²) in [6.07, 6.45) is 0.616. The van der Waals surface area contributed by atoms with Crippen molar-refractivity contribution in [3.05, 3.63) is 82.3 Å². The van der Waals surface area contributed by atoms with Gasteiger partial charge in [0.05, 0.1) is 6.04 Å². The van der Waals surface area contributed by atoms with Crippen LogP contribution in [-0.2, 0) is 0 Å². The molecule has 2 heterocycles. The normalized spacial score (nSPS) is 17.3. The third-order valence-corrected chi connectivity index (χ3v) is 4.70. The Morgan fingerprint density at radius 3 is 2.64 bits per heavy atom. The minimum Gasteiger partial charge on any atom is -0.487 e. The quantitative estimate of drug-likeness (QED) is 0.734. The lowest BCUT2D eigenvalue weighted by molar-refractivity contribution is 0.0618. The molecule has 2 N–H and O–H groups in total. The van der Waals surface area contributed by atoms with Crippen LogP contribution in [-0.4, -0.2) is 21.5 Å². The second kappa shape index (κ2) is 6.96. The summed E-state index contributed by atoms with van der Waals surface area (Å²) in [4.78, 5) is 32.0. The van der Waals surface area contributed by atoms with Crippen molar-refractivity contribution in [3.8, 4) is 17.1 Å². The van der Waals surface area contributed by atoms with Gasteiger partial charge in [-0.1, -0.05) is 48.5 Å². The number of aromatic amines is 1. The van der Waals surface area contributed by atoms with Crippen molar-refractivity contribution in [1.29, 1.82) is 0 Å². The number of nitrogens with one attached hydrogen (secondary N) is 2. The first kappa shape index (κ1) is 18.0. The van der Waals surface area contributed by atoms with Gasteiger partial charge in [-0.25, -0.2) is 4.98 Å². The second-order valence-corrected chi connectivity index (χ2v) is 7.48. The van der Waals surface area contributed by atoms with Gasteiger partial charge < -0.3 is 15.0 Å². The van der Waals surface area contributed by atoms with Crippen molar-refractivity contribution in [2.75, 3.05) is 0 Å². The predicted molar refractivity (Wildman–Crippen MR) is 106 cm³/mol. The lowest BCUT2D eigenvalue weighted by atomic mass is 9.89. The van der Waals surface area contributed by atoms with Crippen LogP contribution in [0.1, 0.15) is 42.4 Å². The van der Waals surface area contributed by atoms with E-state index in [9.17, 15) is 9.59 Å². The highest BCUT2D eigenvalue weighted by Gasteiger charge is 2.34. The molecular weight excluding hydrogens is 354 g/mol.